The van der Waals surface area contributed by atoms with E-state index in [0.29, 0.717) is 11.8 Å². The maximum Gasteiger partial charge on any atom is 0.205 e. The van der Waals surface area contributed by atoms with Gasteiger partial charge >= 0.3 is 0 Å². The van der Waals surface area contributed by atoms with E-state index < -0.39 is 7.29 Å². The minimum absolute atomic E-state index is 0.113. The number of fused-ring (bicyclic) bond motifs is 4. The van der Waals surface area contributed by atoms with Crippen LogP contribution < -0.4 is 15.7 Å². The number of para-hydroxylation sites is 1. The Morgan fingerprint density at radius 3 is 2.25 bits per heavy atom. The van der Waals surface area contributed by atoms with Crippen molar-refractivity contribution in [1.82, 2.24) is 15.0 Å². The molecule has 0 saturated carbocycles. The second-order valence-corrected chi connectivity index (χ2v) is 12.6. The minimum Gasteiger partial charge on any atom is -0.298 e. The van der Waals surface area contributed by atoms with Crippen molar-refractivity contribution in [3.05, 3.63) is 115 Å². The van der Waals surface area contributed by atoms with E-state index in [1.807, 2.05) is 72.9 Å². The topological polar surface area (TPSA) is 45.2 Å². The van der Waals surface area contributed by atoms with E-state index in [2.05, 4.69) is 51.9 Å². The Bertz CT molecular complexity index is 1360. The van der Waals surface area contributed by atoms with Gasteiger partial charge in [0.15, 0.2) is 0 Å². The fraction of sp³-hybridized carbons (Fsp3) is 0.258. The van der Waals surface area contributed by atoms with E-state index in [-0.39, 0.29) is 12.1 Å². The van der Waals surface area contributed by atoms with Crippen molar-refractivity contribution < 1.29 is 4.57 Å². The van der Waals surface area contributed by atoms with Crippen molar-refractivity contribution >= 4 is 28.8 Å². The molecule has 0 aliphatic carbocycles. The predicted octanol–water partition coefficient (Wildman–Crippen LogP) is 5.69. The van der Waals surface area contributed by atoms with Crippen LogP contribution in [0.2, 0.25) is 0 Å². The van der Waals surface area contributed by atoms with Gasteiger partial charge < -0.3 is 0 Å². The van der Waals surface area contributed by atoms with E-state index >= 15 is 4.57 Å². The third kappa shape index (κ3) is 4.14. The fourth-order valence-electron chi connectivity index (χ4n) is 6.25. The lowest BCUT2D eigenvalue weighted by molar-refractivity contribution is 0.00491. The summed E-state index contributed by atoms with van der Waals surface area (Å²) in [6.45, 7) is 6.20. The molecule has 1 N–H and O–H groups in total. The van der Waals surface area contributed by atoms with Crippen molar-refractivity contribution in [3.8, 4) is 0 Å². The first-order valence-electron chi connectivity index (χ1n) is 12.9. The molecule has 5 atom stereocenters. The standard InChI is InChI=1S/C31H32N3OP/c1-2-23-22-34-20-18-24(23)21-30(34)31(28-17-19-32-29-16-10-9-15-27(28)29)33-36(35,25-11-5-3-6-12-25)26-13-7-4-8-14-26/h2-17,19,23-24,30-31H,1,18,20-22H2,(H,33,35)/t23-,24-,30-,31-/m0/s1. The van der Waals surface area contributed by atoms with Gasteiger partial charge in [-0.05, 0) is 73.2 Å². The zero-order chi connectivity index (χ0) is 24.5. The highest BCUT2D eigenvalue weighted by atomic mass is 31.2. The van der Waals surface area contributed by atoms with E-state index in [1.54, 1.807) is 0 Å². The summed E-state index contributed by atoms with van der Waals surface area (Å²) in [6.07, 6.45) is 6.29. The van der Waals surface area contributed by atoms with Gasteiger partial charge in [-0.2, -0.15) is 0 Å². The summed E-state index contributed by atoms with van der Waals surface area (Å²) in [5.74, 6) is 1.14. The Hall–Kier alpha value is -3.04. The van der Waals surface area contributed by atoms with Crippen LogP contribution in [-0.2, 0) is 4.57 Å². The molecular weight excluding hydrogens is 461 g/mol. The lowest BCUT2D eigenvalue weighted by Crippen LogP contribution is -2.57. The van der Waals surface area contributed by atoms with Crippen LogP contribution in [0.3, 0.4) is 0 Å². The van der Waals surface area contributed by atoms with Gasteiger partial charge in [0.2, 0.25) is 7.29 Å². The van der Waals surface area contributed by atoms with Crippen LogP contribution >= 0.6 is 7.29 Å². The first-order valence-corrected chi connectivity index (χ1v) is 14.6. The second-order valence-electron chi connectivity index (χ2n) is 10.1. The molecule has 0 amide bonds. The largest absolute Gasteiger partial charge is 0.298 e. The van der Waals surface area contributed by atoms with Gasteiger partial charge in [-0.3, -0.25) is 19.5 Å². The normalized spacial score (nSPS) is 24.4. The van der Waals surface area contributed by atoms with E-state index in [0.717, 1.165) is 41.0 Å². The zero-order valence-corrected chi connectivity index (χ0v) is 21.3. The SMILES string of the molecule is C=C[C@H]1CN2CC[C@H]1C[C@H]2[C@@H](NP(=O)(c1ccccc1)c1ccccc1)c1ccnc2ccccc12. The first kappa shape index (κ1) is 23.4. The highest BCUT2D eigenvalue weighted by Gasteiger charge is 2.45. The molecule has 7 rings (SSSR count). The highest BCUT2D eigenvalue weighted by Crippen LogP contribution is 2.48. The molecule has 182 valence electrons. The fourth-order valence-corrected chi connectivity index (χ4v) is 8.73. The number of piperidine rings is 3. The summed E-state index contributed by atoms with van der Waals surface area (Å²) in [6, 6.07) is 30.4. The molecule has 0 radical (unpaired) electrons. The maximum absolute atomic E-state index is 15.1. The van der Waals surface area contributed by atoms with Crippen molar-refractivity contribution in [2.45, 2.75) is 24.9 Å². The van der Waals surface area contributed by atoms with Gasteiger partial charge in [0.25, 0.3) is 0 Å². The third-order valence-corrected chi connectivity index (χ3v) is 10.8. The highest BCUT2D eigenvalue weighted by molar-refractivity contribution is 7.76. The monoisotopic (exact) mass is 493 g/mol. The molecule has 3 saturated heterocycles. The number of benzene rings is 3. The number of hydrogen-bond acceptors (Lipinski definition) is 3. The number of pyridine rings is 1. The van der Waals surface area contributed by atoms with Gasteiger partial charge in [0, 0.05) is 34.8 Å². The van der Waals surface area contributed by atoms with Crippen molar-refractivity contribution in [3.63, 3.8) is 0 Å². The molecule has 1 unspecified atom stereocenters. The summed E-state index contributed by atoms with van der Waals surface area (Å²) in [5, 5.41) is 6.60. The third-order valence-electron chi connectivity index (χ3n) is 8.12. The number of nitrogens with one attached hydrogen (secondary N) is 1. The van der Waals surface area contributed by atoms with Gasteiger partial charge in [0.1, 0.15) is 0 Å². The Labute approximate surface area is 213 Å². The van der Waals surface area contributed by atoms with E-state index in [4.69, 9.17) is 0 Å². The Kier molecular flexibility index (Phi) is 6.35. The Morgan fingerprint density at radius 2 is 1.61 bits per heavy atom. The molecule has 0 spiro atoms. The number of hydrogen-bond donors (Lipinski definition) is 1. The Balaban J connectivity index is 1.51. The Morgan fingerprint density at radius 1 is 0.944 bits per heavy atom. The second kappa shape index (κ2) is 9.78. The number of nitrogens with zero attached hydrogens (tertiary/aromatic N) is 2. The summed E-state index contributed by atoms with van der Waals surface area (Å²) >= 11 is 0. The maximum atomic E-state index is 15.1. The zero-order valence-electron chi connectivity index (χ0n) is 20.4. The number of aromatic nitrogens is 1. The van der Waals surface area contributed by atoms with Crippen molar-refractivity contribution in [1.29, 1.82) is 0 Å². The molecule has 36 heavy (non-hydrogen) atoms. The molecular formula is C31H32N3OP. The lowest BCUT2D eigenvalue weighted by Gasteiger charge is -2.52. The molecule has 3 aliphatic rings. The molecule has 3 fully saturated rings. The van der Waals surface area contributed by atoms with Crippen LogP contribution in [0.1, 0.15) is 24.4 Å². The van der Waals surface area contributed by atoms with Crippen molar-refractivity contribution in [2.75, 3.05) is 13.1 Å². The summed E-state index contributed by atoms with van der Waals surface area (Å²) in [5.41, 5.74) is 2.14. The van der Waals surface area contributed by atoms with E-state index in [9.17, 15) is 0 Å². The smallest absolute Gasteiger partial charge is 0.205 e. The predicted molar refractivity (Wildman–Crippen MR) is 149 cm³/mol. The summed E-state index contributed by atoms with van der Waals surface area (Å²) in [4.78, 5) is 7.23. The van der Waals surface area contributed by atoms with Gasteiger partial charge in [-0.15, -0.1) is 6.58 Å². The summed E-state index contributed by atoms with van der Waals surface area (Å²) < 4.78 is 15.1. The van der Waals surface area contributed by atoms with Gasteiger partial charge in [-0.25, -0.2) is 0 Å². The van der Waals surface area contributed by atoms with Crippen molar-refractivity contribution in [2.24, 2.45) is 11.8 Å². The quantitative estimate of drug-likeness (QED) is 0.265. The molecule has 4 nitrogen and oxygen atoms in total. The van der Waals surface area contributed by atoms with E-state index in [1.165, 1.54) is 12.0 Å². The minimum atomic E-state index is -3.15. The molecule has 2 bridgehead atoms. The van der Waals surface area contributed by atoms with Crippen LogP contribution in [0.15, 0.2) is 110 Å². The molecule has 5 heteroatoms. The van der Waals surface area contributed by atoms with Crippen LogP contribution in [0, 0.1) is 11.8 Å². The molecule has 3 aromatic carbocycles. The molecule has 3 aliphatic heterocycles. The van der Waals surface area contributed by atoms with Crippen LogP contribution in [-0.4, -0.2) is 29.0 Å². The average molecular weight is 494 g/mol. The molecule has 1 aromatic heterocycles. The summed E-state index contributed by atoms with van der Waals surface area (Å²) in [7, 11) is -3.15. The molecule has 4 heterocycles. The lowest BCUT2D eigenvalue weighted by atomic mass is 9.73. The average Bonchev–Trinajstić information content (AvgIpc) is 2.96. The number of rotatable bonds is 7. The molecule has 4 aromatic rings. The van der Waals surface area contributed by atoms with Crippen LogP contribution in [0.4, 0.5) is 0 Å². The first-order chi connectivity index (χ1) is 17.7. The van der Waals surface area contributed by atoms with Gasteiger partial charge in [0.05, 0.1) is 11.6 Å². The van der Waals surface area contributed by atoms with Crippen LogP contribution in [0.25, 0.3) is 10.9 Å². The van der Waals surface area contributed by atoms with Gasteiger partial charge in [-0.1, -0.05) is 60.7 Å². The van der Waals surface area contributed by atoms with Crippen LogP contribution in [0.5, 0.6) is 0 Å².